The molecule has 0 amide bonds. The van der Waals surface area contributed by atoms with Gasteiger partial charge in [0.05, 0.1) is 35.4 Å². The lowest BCUT2D eigenvalue weighted by Gasteiger charge is -2.38. The maximum Gasteiger partial charge on any atom is 0.291 e. The lowest BCUT2D eigenvalue weighted by Crippen LogP contribution is -2.59. The van der Waals surface area contributed by atoms with Gasteiger partial charge >= 0.3 is 0 Å². The van der Waals surface area contributed by atoms with E-state index in [0.717, 1.165) is 6.54 Å². The minimum Gasteiger partial charge on any atom is -0.377 e. The van der Waals surface area contributed by atoms with Crippen molar-refractivity contribution < 1.29 is 21.9 Å². The minimum atomic E-state index is -3.90. The minimum absolute atomic E-state index is 0.0599. The van der Waals surface area contributed by atoms with Crippen molar-refractivity contribution in [1.82, 2.24) is 30.0 Å². The molecule has 0 aliphatic carbocycles. The van der Waals surface area contributed by atoms with Crippen LogP contribution in [0.5, 0.6) is 0 Å². The summed E-state index contributed by atoms with van der Waals surface area (Å²) in [4.78, 5) is 2.16. The van der Waals surface area contributed by atoms with Crippen LogP contribution in [0, 0.1) is 0 Å². The maximum absolute atomic E-state index is 13.3. The van der Waals surface area contributed by atoms with Gasteiger partial charge in [-0.1, -0.05) is 11.3 Å². The van der Waals surface area contributed by atoms with Gasteiger partial charge in [0.25, 0.3) is 6.43 Å². The summed E-state index contributed by atoms with van der Waals surface area (Å²) in [6.45, 7) is 6.52. The fourth-order valence-electron chi connectivity index (χ4n) is 4.05. The first kappa shape index (κ1) is 22.5. The van der Waals surface area contributed by atoms with Gasteiger partial charge in [-0.15, -0.1) is 10.2 Å². The molecule has 4 heterocycles. The number of piperazine rings is 1. The van der Waals surface area contributed by atoms with E-state index in [0.29, 0.717) is 41.0 Å². The first-order valence-electron chi connectivity index (χ1n) is 10.4. The number of halogens is 2. The molecule has 2 aliphatic rings. The molecule has 1 atom stereocenters. The van der Waals surface area contributed by atoms with Crippen molar-refractivity contribution in [2.24, 2.45) is 0 Å². The molecular formula is C19H23F2N7O3S2. The second kappa shape index (κ2) is 8.20. The molecule has 2 aromatic heterocycles. The summed E-state index contributed by atoms with van der Waals surface area (Å²) in [5, 5.41) is 15.5. The first-order chi connectivity index (χ1) is 15.7. The number of hydrogen-bond acceptors (Lipinski definition) is 9. The van der Waals surface area contributed by atoms with E-state index in [2.05, 4.69) is 37.2 Å². The third-order valence-corrected chi connectivity index (χ3v) is 8.20. The summed E-state index contributed by atoms with van der Waals surface area (Å²) < 4.78 is 62.0. The molecule has 0 radical (unpaired) electrons. The Hall–Kier alpha value is -2.26. The average molecular weight is 500 g/mol. The number of benzene rings is 1. The Balaban J connectivity index is 1.65. The molecule has 0 unspecified atom stereocenters. The Bertz CT molecular complexity index is 1290. The molecular weight excluding hydrogens is 476 g/mol. The van der Waals surface area contributed by atoms with Crippen molar-refractivity contribution in [3.05, 3.63) is 23.3 Å². The fourth-order valence-corrected chi connectivity index (χ4v) is 6.14. The lowest BCUT2D eigenvalue weighted by molar-refractivity contribution is -0.0523. The zero-order valence-electron chi connectivity index (χ0n) is 18.0. The van der Waals surface area contributed by atoms with Gasteiger partial charge in [-0.05, 0) is 26.0 Å². The predicted octanol–water partition coefficient (Wildman–Crippen LogP) is 1.68. The third kappa shape index (κ3) is 4.21. The van der Waals surface area contributed by atoms with Gasteiger partial charge in [0.1, 0.15) is 0 Å². The van der Waals surface area contributed by atoms with Crippen molar-refractivity contribution in [2.45, 2.75) is 36.7 Å². The van der Waals surface area contributed by atoms with Crippen molar-refractivity contribution in [2.75, 3.05) is 37.7 Å². The van der Waals surface area contributed by atoms with Gasteiger partial charge < -0.3 is 15.0 Å². The second-order valence-corrected chi connectivity index (χ2v) is 11.3. The summed E-state index contributed by atoms with van der Waals surface area (Å²) in [7, 11) is -3.90. The molecule has 10 nitrogen and oxygen atoms in total. The molecule has 2 fully saturated rings. The van der Waals surface area contributed by atoms with Crippen molar-refractivity contribution in [3.63, 3.8) is 0 Å². The summed E-state index contributed by atoms with van der Waals surface area (Å²) in [5.41, 5.74) is 0.482. The number of ether oxygens (including phenoxy) is 1. The highest BCUT2D eigenvalue weighted by Crippen LogP contribution is 2.34. The number of aromatic nitrogens is 4. The Kier molecular flexibility index (Phi) is 5.60. The van der Waals surface area contributed by atoms with Crippen molar-refractivity contribution >= 4 is 38.0 Å². The number of nitrogens with zero attached hydrogens (tertiary/aromatic N) is 5. The van der Waals surface area contributed by atoms with Crippen LogP contribution in [0.25, 0.3) is 16.0 Å². The monoisotopic (exact) mass is 499 g/mol. The van der Waals surface area contributed by atoms with Crippen LogP contribution in [0.2, 0.25) is 0 Å². The molecule has 3 aromatic rings. The van der Waals surface area contributed by atoms with Crippen LogP contribution in [-0.4, -0.2) is 72.8 Å². The molecule has 0 bridgehead atoms. The van der Waals surface area contributed by atoms with Crippen LogP contribution in [-0.2, 0) is 14.8 Å². The molecule has 5 rings (SSSR count). The smallest absolute Gasteiger partial charge is 0.291 e. The second-order valence-electron chi connectivity index (χ2n) is 8.62. The molecule has 14 heteroatoms. The standard InChI is InChI=1S/C19H23F2N7O3S2/c1-11-8-27(4-3-22-11)14-5-12(33(29,30)26-19(2)9-31-10-19)6-15-13(14)7-23-28(15)18-25-24-17(32-18)16(20)21/h5-7,11,16,22,26H,3-4,8-10H2,1-2H3/t11-/m0/s1. The molecule has 33 heavy (non-hydrogen) atoms. The number of alkyl halides is 2. The Labute approximate surface area is 193 Å². The first-order valence-corrected chi connectivity index (χ1v) is 12.7. The Morgan fingerprint density at radius 3 is 2.76 bits per heavy atom. The average Bonchev–Trinajstić information content (AvgIpc) is 3.38. The van der Waals surface area contributed by atoms with E-state index in [1.807, 2.05) is 0 Å². The largest absolute Gasteiger partial charge is 0.377 e. The molecule has 2 N–H and O–H groups in total. The zero-order chi connectivity index (χ0) is 23.4. The van der Waals surface area contributed by atoms with Gasteiger partial charge in [-0.2, -0.15) is 5.10 Å². The van der Waals surface area contributed by atoms with Crippen LogP contribution in [0.15, 0.2) is 23.2 Å². The van der Waals surface area contributed by atoms with E-state index >= 15 is 0 Å². The van der Waals surface area contributed by atoms with Crippen molar-refractivity contribution in [1.29, 1.82) is 0 Å². The van der Waals surface area contributed by atoms with E-state index < -0.39 is 27.0 Å². The molecule has 0 spiro atoms. The number of rotatable bonds is 6. The SMILES string of the molecule is C[C@H]1CN(c2cc(S(=O)(=O)NC3(C)COC3)cc3c2cnn3-c2nnc(C(F)F)s2)CCN1. The third-order valence-electron chi connectivity index (χ3n) is 5.68. The Morgan fingerprint density at radius 1 is 1.33 bits per heavy atom. The van der Waals surface area contributed by atoms with Gasteiger partial charge in [-0.25, -0.2) is 26.6 Å². The predicted molar refractivity (Wildman–Crippen MR) is 119 cm³/mol. The highest BCUT2D eigenvalue weighted by atomic mass is 32.2. The van der Waals surface area contributed by atoms with Gasteiger partial charge in [0, 0.05) is 36.7 Å². The number of nitrogens with one attached hydrogen (secondary N) is 2. The van der Waals surface area contributed by atoms with E-state index in [-0.39, 0.29) is 29.3 Å². The summed E-state index contributed by atoms with van der Waals surface area (Å²) >= 11 is 0.715. The van der Waals surface area contributed by atoms with Gasteiger partial charge in [0.2, 0.25) is 15.2 Å². The van der Waals surface area contributed by atoms with Crippen LogP contribution in [0.3, 0.4) is 0 Å². The van der Waals surface area contributed by atoms with Crippen molar-refractivity contribution in [3.8, 4) is 5.13 Å². The van der Waals surface area contributed by atoms with Crippen LogP contribution >= 0.6 is 11.3 Å². The summed E-state index contributed by atoms with van der Waals surface area (Å²) in [6, 6.07) is 3.35. The fraction of sp³-hybridized carbons (Fsp3) is 0.526. The molecule has 2 saturated heterocycles. The molecule has 0 saturated carbocycles. The van der Waals surface area contributed by atoms with Crippen LogP contribution < -0.4 is 14.9 Å². The molecule has 2 aliphatic heterocycles. The number of anilines is 1. The van der Waals surface area contributed by atoms with Crippen LogP contribution in [0.1, 0.15) is 25.3 Å². The molecule has 178 valence electrons. The maximum atomic E-state index is 13.3. The quantitative estimate of drug-likeness (QED) is 0.527. The highest BCUT2D eigenvalue weighted by Gasteiger charge is 2.38. The summed E-state index contributed by atoms with van der Waals surface area (Å²) in [5.74, 6) is 0. The number of sulfonamides is 1. The van der Waals surface area contributed by atoms with Gasteiger partial charge in [0.15, 0.2) is 5.01 Å². The highest BCUT2D eigenvalue weighted by molar-refractivity contribution is 7.89. The topological polar surface area (TPSA) is 114 Å². The molecule has 1 aromatic carbocycles. The Morgan fingerprint density at radius 2 is 2.12 bits per heavy atom. The number of fused-ring (bicyclic) bond motifs is 1. The lowest BCUT2D eigenvalue weighted by atomic mass is 10.0. The normalized spacial score (nSPS) is 21.0. The van der Waals surface area contributed by atoms with Gasteiger partial charge in [-0.3, -0.25) is 0 Å². The van der Waals surface area contributed by atoms with E-state index in [9.17, 15) is 17.2 Å². The van der Waals surface area contributed by atoms with E-state index in [1.54, 1.807) is 19.2 Å². The summed E-state index contributed by atoms with van der Waals surface area (Å²) in [6.07, 6.45) is -1.15. The van der Waals surface area contributed by atoms with Crippen LogP contribution in [0.4, 0.5) is 14.5 Å². The zero-order valence-corrected chi connectivity index (χ0v) is 19.6. The van der Waals surface area contributed by atoms with E-state index in [4.69, 9.17) is 4.74 Å². The van der Waals surface area contributed by atoms with E-state index in [1.165, 1.54) is 10.7 Å². The number of hydrogen-bond donors (Lipinski definition) is 2.